The van der Waals surface area contributed by atoms with Crippen LogP contribution in [-0.4, -0.2) is 17.9 Å². The summed E-state index contributed by atoms with van der Waals surface area (Å²) in [5, 5.41) is 5.10. The highest BCUT2D eigenvalue weighted by Gasteiger charge is 2.14. The van der Waals surface area contributed by atoms with Crippen molar-refractivity contribution in [2.24, 2.45) is 0 Å². The molecule has 1 rings (SSSR count). The zero-order valence-electron chi connectivity index (χ0n) is 10.6. The second kappa shape index (κ2) is 5.48. The van der Waals surface area contributed by atoms with E-state index in [0.29, 0.717) is 5.69 Å². The largest absolute Gasteiger partial charge is 0.346 e. The SMILES string of the molecule is Cc1ccc(NC(=O)C(=O)NC(C)C)cc1C. The molecular formula is C13H18N2O2. The third-order valence-corrected chi connectivity index (χ3v) is 2.39. The lowest BCUT2D eigenvalue weighted by Crippen LogP contribution is -2.39. The summed E-state index contributed by atoms with van der Waals surface area (Å²) in [7, 11) is 0. The molecule has 17 heavy (non-hydrogen) atoms. The van der Waals surface area contributed by atoms with Crippen LogP contribution in [-0.2, 0) is 9.59 Å². The number of benzene rings is 1. The van der Waals surface area contributed by atoms with E-state index in [4.69, 9.17) is 0 Å². The number of carbonyl (C=O) groups is 2. The summed E-state index contributed by atoms with van der Waals surface area (Å²) < 4.78 is 0. The number of carbonyl (C=O) groups excluding carboxylic acids is 2. The Kier molecular flexibility index (Phi) is 4.26. The molecule has 1 aromatic rings. The van der Waals surface area contributed by atoms with Gasteiger partial charge in [0, 0.05) is 11.7 Å². The lowest BCUT2D eigenvalue weighted by Gasteiger charge is -2.09. The zero-order chi connectivity index (χ0) is 13.0. The number of hydrogen-bond donors (Lipinski definition) is 2. The van der Waals surface area contributed by atoms with E-state index in [-0.39, 0.29) is 6.04 Å². The molecule has 2 amide bonds. The van der Waals surface area contributed by atoms with E-state index < -0.39 is 11.8 Å². The Morgan fingerprint density at radius 2 is 1.71 bits per heavy atom. The molecular weight excluding hydrogens is 216 g/mol. The summed E-state index contributed by atoms with van der Waals surface area (Å²) in [6, 6.07) is 5.48. The van der Waals surface area contributed by atoms with Gasteiger partial charge in [0.25, 0.3) is 0 Å². The van der Waals surface area contributed by atoms with Crippen LogP contribution in [0.25, 0.3) is 0 Å². The molecule has 0 aliphatic carbocycles. The van der Waals surface area contributed by atoms with Crippen LogP contribution in [0.3, 0.4) is 0 Å². The van der Waals surface area contributed by atoms with E-state index in [0.717, 1.165) is 11.1 Å². The normalized spacial score (nSPS) is 10.2. The molecule has 0 aliphatic heterocycles. The van der Waals surface area contributed by atoms with Gasteiger partial charge in [0.1, 0.15) is 0 Å². The van der Waals surface area contributed by atoms with Crippen LogP contribution >= 0.6 is 0 Å². The molecule has 0 aromatic heterocycles. The first-order valence-corrected chi connectivity index (χ1v) is 5.59. The summed E-state index contributed by atoms with van der Waals surface area (Å²) in [4.78, 5) is 22.9. The fourth-order valence-electron chi connectivity index (χ4n) is 1.33. The van der Waals surface area contributed by atoms with Gasteiger partial charge < -0.3 is 10.6 Å². The van der Waals surface area contributed by atoms with E-state index in [1.54, 1.807) is 19.9 Å². The molecule has 0 saturated carbocycles. The molecule has 0 bridgehead atoms. The summed E-state index contributed by atoms with van der Waals surface area (Å²) in [5.74, 6) is -1.25. The van der Waals surface area contributed by atoms with E-state index in [2.05, 4.69) is 10.6 Å². The molecule has 0 heterocycles. The average molecular weight is 234 g/mol. The highest BCUT2D eigenvalue weighted by Crippen LogP contribution is 2.13. The minimum absolute atomic E-state index is 0.0481. The monoisotopic (exact) mass is 234 g/mol. The van der Waals surface area contributed by atoms with Gasteiger partial charge in [-0.05, 0) is 51.0 Å². The number of rotatable bonds is 2. The Balaban J connectivity index is 2.68. The van der Waals surface area contributed by atoms with Crippen LogP contribution in [0, 0.1) is 13.8 Å². The van der Waals surface area contributed by atoms with Gasteiger partial charge in [0.15, 0.2) is 0 Å². The van der Waals surface area contributed by atoms with Crippen molar-refractivity contribution in [2.75, 3.05) is 5.32 Å². The molecule has 0 aliphatic rings. The molecule has 1 aromatic carbocycles. The third-order valence-electron chi connectivity index (χ3n) is 2.39. The standard InChI is InChI=1S/C13H18N2O2/c1-8(2)14-12(16)13(17)15-11-6-5-9(3)10(4)7-11/h5-8H,1-4H3,(H,14,16)(H,15,17). The number of nitrogens with one attached hydrogen (secondary N) is 2. The summed E-state index contributed by atoms with van der Waals surface area (Å²) in [5.41, 5.74) is 2.86. The van der Waals surface area contributed by atoms with Crippen LogP contribution in [0.15, 0.2) is 18.2 Å². The van der Waals surface area contributed by atoms with Gasteiger partial charge >= 0.3 is 11.8 Å². The van der Waals surface area contributed by atoms with Gasteiger partial charge in [-0.15, -0.1) is 0 Å². The summed E-state index contributed by atoms with van der Waals surface area (Å²) >= 11 is 0. The average Bonchev–Trinajstić information content (AvgIpc) is 2.22. The molecule has 92 valence electrons. The first kappa shape index (κ1) is 13.2. The number of aryl methyl sites for hydroxylation is 2. The molecule has 0 unspecified atom stereocenters. The fourth-order valence-corrected chi connectivity index (χ4v) is 1.33. The maximum Gasteiger partial charge on any atom is 0.313 e. The predicted molar refractivity (Wildman–Crippen MR) is 67.8 cm³/mol. The molecule has 0 spiro atoms. The first-order valence-electron chi connectivity index (χ1n) is 5.59. The van der Waals surface area contributed by atoms with Crippen LogP contribution in [0.4, 0.5) is 5.69 Å². The van der Waals surface area contributed by atoms with Gasteiger partial charge in [-0.1, -0.05) is 6.07 Å². The number of amides is 2. The second-order valence-electron chi connectivity index (χ2n) is 4.38. The van der Waals surface area contributed by atoms with Crippen LogP contribution in [0.5, 0.6) is 0 Å². The maximum absolute atomic E-state index is 11.5. The summed E-state index contributed by atoms with van der Waals surface area (Å²) in [6.45, 7) is 7.56. The fraction of sp³-hybridized carbons (Fsp3) is 0.385. The van der Waals surface area contributed by atoms with E-state index in [9.17, 15) is 9.59 Å². The molecule has 0 radical (unpaired) electrons. The lowest BCUT2D eigenvalue weighted by molar-refractivity contribution is -0.136. The molecule has 0 fully saturated rings. The Bertz CT molecular complexity index is 439. The van der Waals surface area contributed by atoms with E-state index in [1.165, 1.54) is 0 Å². The van der Waals surface area contributed by atoms with Crippen molar-refractivity contribution < 1.29 is 9.59 Å². The Labute approximate surface area is 101 Å². The van der Waals surface area contributed by atoms with Gasteiger partial charge in [0.05, 0.1) is 0 Å². The topological polar surface area (TPSA) is 58.2 Å². The molecule has 0 atom stereocenters. The highest BCUT2D eigenvalue weighted by molar-refractivity contribution is 6.39. The quantitative estimate of drug-likeness (QED) is 0.766. The Hall–Kier alpha value is -1.84. The van der Waals surface area contributed by atoms with E-state index in [1.807, 2.05) is 26.0 Å². The van der Waals surface area contributed by atoms with Crippen molar-refractivity contribution >= 4 is 17.5 Å². The van der Waals surface area contributed by atoms with Crippen molar-refractivity contribution in [3.05, 3.63) is 29.3 Å². The van der Waals surface area contributed by atoms with Crippen molar-refractivity contribution in [1.29, 1.82) is 0 Å². The Morgan fingerprint density at radius 3 is 2.24 bits per heavy atom. The predicted octanol–water partition coefficient (Wildman–Crippen LogP) is 1.77. The van der Waals surface area contributed by atoms with Gasteiger partial charge in [0.2, 0.25) is 0 Å². The summed E-state index contributed by atoms with van der Waals surface area (Å²) in [6.07, 6.45) is 0. The van der Waals surface area contributed by atoms with Crippen molar-refractivity contribution in [3.8, 4) is 0 Å². The molecule has 2 N–H and O–H groups in total. The van der Waals surface area contributed by atoms with Gasteiger partial charge in [-0.25, -0.2) is 0 Å². The van der Waals surface area contributed by atoms with E-state index >= 15 is 0 Å². The minimum atomic E-state index is -0.637. The number of anilines is 1. The lowest BCUT2D eigenvalue weighted by atomic mass is 10.1. The Morgan fingerprint density at radius 1 is 1.06 bits per heavy atom. The molecule has 4 nitrogen and oxygen atoms in total. The highest BCUT2D eigenvalue weighted by atomic mass is 16.2. The minimum Gasteiger partial charge on any atom is -0.346 e. The van der Waals surface area contributed by atoms with Crippen molar-refractivity contribution in [2.45, 2.75) is 33.7 Å². The second-order valence-corrected chi connectivity index (χ2v) is 4.38. The van der Waals surface area contributed by atoms with Crippen molar-refractivity contribution in [1.82, 2.24) is 5.32 Å². The molecule has 4 heteroatoms. The van der Waals surface area contributed by atoms with Crippen molar-refractivity contribution in [3.63, 3.8) is 0 Å². The van der Waals surface area contributed by atoms with Gasteiger partial charge in [-0.2, -0.15) is 0 Å². The maximum atomic E-state index is 11.5. The zero-order valence-corrected chi connectivity index (χ0v) is 10.6. The number of hydrogen-bond acceptors (Lipinski definition) is 2. The van der Waals surface area contributed by atoms with Gasteiger partial charge in [-0.3, -0.25) is 9.59 Å². The molecule has 0 saturated heterocycles. The third kappa shape index (κ3) is 3.90. The van der Waals surface area contributed by atoms with Crippen LogP contribution < -0.4 is 10.6 Å². The van der Waals surface area contributed by atoms with Crippen LogP contribution in [0.1, 0.15) is 25.0 Å². The smallest absolute Gasteiger partial charge is 0.313 e. The first-order chi connectivity index (χ1) is 7.90. The van der Waals surface area contributed by atoms with Crippen LogP contribution in [0.2, 0.25) is 0 Å².